The fourth-order valence-corrected chi connectivity index (χ4v) is 6.37. The SMILES string of the molecule is CC[O][Ge]([CH2]C)([CH2]C)[O]CC. The molecule has 0 unspecified atom stereocenters. The van der Waals surface area contributed by atoms with Crippen LogP contribution in [0.25, 0.3) is 0 Å². The maximum absolute atomic E-state index is 5.73. The third-order valence-electron chi connectivity index (χ3n) is 1.89. The average molecular weight is 221 g/mol. The van der Waals surface area contributed by atoms with Crippen LogP contribution in [0.3, 0.4) is 0 Å². The zero-order valence-corrected chi connectivity index (χ0v) is 10.2. The standard InChI is InChI=1S/C8H20GeO2/c1-5-9(6-2,10-7-3)11-8-4/h5-8H2,1-4H3. The minimum absolute atomic E-state index is 0.807. The molecule has 68 valence electrons. The molecule has 0 saturated carbocycles. The van der Waals surface area contributed by atoms with Crippen LogP contribution in [0.4, 0.5) is 0 Å². The van der Waals surface area contributed by atoms with Crippen molar-refractivity contribution >= 4 is 13.9 Å². The molecule has 0 rings (SSSR count). The van der Waals surface area contributed by atoms with Gasteiger partial charge < -0.3 is 0 Å². The maximum atomic E-state index is 5.73. The Kier molecular flexibility index (Phi) is 6.29. The molecule has 2 nitrogen and oxygen atoms in total. The molecule has 0 aliphatic heterocycles. The molecule has 0 aromatic rings. The summed E-state index contributed by atoms with van der Waals surface area (Å²) in [5, 5.41) is 2.22. The van der Waals surface area contributed by atoms with E-state index < -0.39 is 13.9 Å². The Hall–Kier alpha value is 0.463. The molecule has 0 spiro atoms. The third-order valence-corrected chi connectivity index (χ3v) is 9.83. The third kappa shape index (κ3) is 3.58. The van der Waals surface area contributed by atoms with E-state index in [0.717, 1.165) is 23.7 Å². The molecule has 0 saturated heterocycles. The minimum atomic E-state index is -2.24. The first-order valence-electron chi connectivity index (χ1n) is 4.52. The molecule has 11 heavy (non-hydrogen) atoms. The number of hydrogen-bond donors (Lipinski definition) is 0. The molecule has 0 atom stereocenters. The Bertz CT molecular complexity index is 84.1. The van der Waals surface area contributed by atoms with E-state index in [1.807, 2.05) is 13.8 Å². The molecule has 0 amide bonds. The van der Waals surface area contributed by atoms with E-state index in [1.54, 1.807) is 0 Å². The molecule has 0 aromatic heterocycles. The van der Waals surface area contributed by atoms with Crippen LogP contribution in [0, 0.1) is 0 Å². The van der Waals surface area contributed by atoms with E-state index in [1.165, 1.54) is 0 Å². The molecule has 0 aliphatic carbocycles. The van der Waals surface area contributed by atoms with Gasteiger partial charge in [0.05, 0.1) is 0 Å². The Balaban J connectivity index is 3.96. The van der Waals surface area contributed by atoms with Crippen molar-refractivity contribution in [3.8, 4) is 0 Å². The van der Waals surface area contributed by atoms with E-state index in [-0.39, 0.29) is 0 Å². The Labute approximate surface area is 73.3 Å². The molecular formula is C8H20GeO2. The quantitative estimate of drug-likeness (QED) is 0.641. The van der Waals surface area contributed by atoms with Gasteiger partial charge in [-0.2, -0.15) is 0 Å². The summed E-state index contributed by atoms with van der Waals surface area (Å²) in [7, 11) is 0. The predicted octanol–water partition coefficient (Wildman–Crippen LogP) is 2.54. The first-order chi connectivity index (χ1) is 5.24. The normalized spacial score (nSPS) is 12.0. The van der Waals surface area contributed by atoms with E-state index in [9.17, 15) is 0 Å². The summed E-state index contributed by atoms with van der Waals surface area (Å²) in [6.07, 6.45) is 0. The van der Waals surface area contributed by atoms with Gasteiger partial charge in [0.25, 0.3) is 0 Å². The summed E-state index contributed by atoms with van der Waals surface area (Å²) < 4.78 is 11.5. The average Bonchev–Trinajstić information content (AvgIpc) is 2.04. The fraction of sp³-hybridized carbons (Fsp3) is 1.00. The summed E-state index contributed by atoms with van der Waals surface area (Å²) in [4.78, 5) is 0. The summed E-state index contributed by atoms with van der Waals surface area (Å²) >= 11 is -2.24. The first kappa shape index (κ1) is 11.5. The Morgan fingerprint density at radius 1 is 0.818 bits per heavy atom. The van der Waals surface area contributed by atoms with Crippen molar-refractivity contribution in [2.45, 2.75) is 38.2 Å². The predicted molar refractivity (Wildman–Crippen MR) is 50.0 cm³/mol. The van der Waals surface area contributed by atoms with Crippen molar-refractivity contribution in [2.24, 2.45) is 0 Å². The second-order valence-corrected chi connectivity index (χ2v) is 10.5. The number of rotatable bonds is 6. The zero-order valence-electron chi connectivity index (χ0n) is 8.14. The fourth-order valence-electron chi connectivity index (χ4n) is 1.23. The molecule has 0 fully saturated rings. The second kappa shape index (κ2) is 6.03. The molecule has 0 radical (unpaired) electrons. The van der Waals surface area contributed by atoms with Crippen molar-refractivity contribution in [3.05, 3.63) is 0 Å². The van der Waals surface area contributed by atoms with Gasteiger partial charge in [0.1, 0.15) is 0 Å². The van der Waals surface area contributed by atoms with Gasteiger partial charge in [0.15, 0.2) is 0 Å². The van der Waals surface area contributed by atoms with Crippen LogP contribution in [-0.2, 0) is 7.53 Å². The Morgan fingerprint density at radius 2 is 1.18 bits per heavy atom. The molecular weight excluding hydrogens is 201 g/mol. The van der Waals surface area contributed by atoms with Crippen molar-refractivity contribution in [3.63, 3.8) is 0 Å². The molecule has 0 aromatic carbocycles. The van der Waals surface area contributed by atoms with E-state index >= 15 is 0 Å². The van der Waals surface area contributed by atoms with Crippen LogP contribution in [0.5, 0.6) is 0 Å². The van der Waals surface area contributed by atoms with Gasteiger partial charge in [-0.25, -0.2) is 0 Å². The molecule has 0 bridgehead atoms. The zero-order chi connectivity index (χ0) is 8.74. The van der Waals surface area contributed by atoms with Crippen molar-refractivity contribution in [2.75, 3.05) is 13.2 Å². The van der Waals surface area contributed by atoms with Crippen LogP contribution in [0.15, 0.2) is 0 Å². The number of hydrogen-bond acceptors (Lipinski definition) is 2. The van der Waals surface area contributed by atoms with Crippen molar-refractivity contribution in [1.82, 2.24) is 0 Å². The Morgan fingerprint density at radius 3 is 1.36 bits per heavy atom. The van der Waals surface area contributed by atoms with E-state index in [2.05, 4.69) is 13.8 Å². The van der Waals surface area contributed by atoms with Gasteiger partial charge >= 0.3 is 72.9 Å². The van der Waals surface area contributed by atoms with Gasteiger partial charge in [-0.1, -0.05) is 0 Å². The second-order valence-electron chi connectivity index (χ2n) is 2.48. The molecule has 0 N–H and O–H groups in total. The summed E-state index contributed by atoms with van der Waals surface area (Å²) in [5.41, 5.74) is 0. The van der Waals surface area contributed by atoms with Crippen LogP contribution >= 0.6 is 0 Å². The topological polar surface area (TPSA) is 18.5 Å². The summed E-state index contributed by atoms with van der Waals surface area (Å²) in [6, 6.07) is 0. The van der Waals surface area contributed by atoms with Crippen LogP contribution in [-0.4, -0.2) is 27.2 Å². The molecule has 0 heterocycles. The van der Waals surface area contributed by atoms with Crippen LogP contribution in [0.1, 0.15) is 27.7 Å². The summed E-state index contributed by atoms with van der Waals surface area (Å²) in [5.74, 6) is 0. The van der Waals surface area contributed by atoms with Gasteiger partial charge in [0.2, 0.25) is 0 Å². The molecule has 0 aliphatic rings. The van der Waals surface area contributed by atoms with Crippen LogP contribution in [0.2, 0.25) is 10.5 Å². The van der Waals surface area contributed by atoms with Crippen molar-refractivity contribution in [1.29, 1.82) is 0 Å². The summed E-state index contributed by atoms with van der Waals surface area (Å²) in [6.45, 7) is 10.1. The van der Waals surface area contributed by atoms with E-state index in [0.29, 0.717) is 0 Å². The van der Waals surface area contributed by atoms with Gasteiger partial charge in [-0.3, -0.25) is 0 Å². The van der Waals surface area contributed by atoms with Crippen LogP contribution < -0.4 is 0 Å². The molecule has 3 heteroatoms. The van der Waals surface area contributed by atoms with Gasteiger partial charge in [0, 0.05) is 0 Å². The van der Waals surface area contributed by atoms with Crippen molar-refractivity contribution < 1.29 is 7.53 Å². The van der Waals surface area contributed by atoms with Gasteiger partial charge in [-0.15, -0.1) is 0 Å². The monoisotopic (exact) mass is 222 g/mol. The van der Waals surface area contributed by atoms with Gasteiger partial charge in [-0.05, 0) is 0 Å². The van der Waals surface area contributed by atoms with E-state index in [4.69, 9.17) is 7.53 Å². The first-order valence-corrected chi connectivity index (χ1v) is 9.20.